The molecule has 1 aromatic rings. The Morgan fingerprint density at radius 3 is 2.26 bits per heavy atom. The topological polar surface area (TPSA) is 17.1 Å². The van der Waals surface area contributed by atoms with Gasteiger partial charge in [0.25, 0.3) is 5.78 Å². The molecule has 0 heterocycles. The standard InChI is InChI=1S/C13H11ClF4O/c14-9-5-8(7-3-1-2-4-7)6-10(15)11(9)12(19)13(16,17)18/h5-7H,1-4H2. The van der Waals surface area contributed by atoms with E-state index < -0.39 is 28.4 Å². The number of carbonyl (C=O) groups excluding carboxylic acids is 1. The van der Waals surface area contributed by atoms with Crippen molar-refractivity contribution >= 4 is 17.4 Å². The molecule has 6 heteroatoms. The Bertz CT molecular complexity index is 481. The second-order valence-corrected chi connectivity index (χ2v) is 5.08. The molecular weight excluding hydrogens is 284 g/mol. The average Bonchev–Trinajstić information content (AvgIpc) is 2.79. The Hall–Kier alpha value is -1.10. The molecule has 104 valence electrons. The number of rotatable bonds is 2. The molecule has 1 aromatic carbocycles. The molecule has 0 unspecified atom stereocenters. The van der Waals surface area contributed by atoms with Gasteiger partial charge in [0.15, 0.2) is 0 Å². The fourth-order valence-corrected chi connectivity index (χ4v) is 2.75. The van der Waals surface area contributed by atoms with Gasteiger partial charge in [-0.25, -0.2) is 4.39 Å². The molecule has 0 saturated heterocycles. The first kappa shape index (κ1) is 14.3. The highest BCUT2D eigenvalue weighted by atomic mass is 35.5. The fraction of sp³-hybridized carbons (Fsp3) is 0.462. The van der Waals surface area contributed by atoms with Gasteiger partial charge in [-0.05, 0) is 36.5 Å². The van der Waals surface area contributed by atoms with Crippen LogP contribution in [0.15, 0.2) is 12.1 Å². The van der Waals surface area contributed by atoms with Gasteiger partial charge in [0.05, 0.1) is 10.6 Å². The number of carbonyl (C=O) groups is 1. The molecule has 19 heavy (non-hydrogen) atoms. The van der Waals surface area contributed by atoms with Crippen molar-refractivity contribution in [3.05, 3.63) is 34.1 Å². The molecule has 0 atom stereocenters. The Kier molecular flexibility index (Phi) is 3.85. The summed E-state index contributed by atoms with van der Waals surface area (Å²) in [4.78, 5) is 11.1. The number of alkyl halides is 3. The molecule has 1 aliphatic rings. The van der Waals surface area contributed by atoms with Crippen molar-refractivity contribution < 1.29 is 22.4 Å². The van der Waals surface area contributed by atoms with E-state index in [1.165, 1.54) is 6.07 Å². The number of benzene rings is 1. The molecule has 0 N–H and O–H groups in total. The number of halogens is 5. The summed E-state index contributed by atoms with van der Waals surface area (Å²) in [7, 11) is 0. The normalized spacial score (nSPS) is 16.9. The van der Waals surface area contributed by atoms with Crippen LogP contribution in [0.3, 0.4) is 0 Å². The number of Topliss-reactive ketones (excluding diaryl/α,β-unsaturated/α-hetero) is 1. The summed E-state index contributed by atoms with van der Waals surface area (Å²) in [5.74, 6) is -3.33. The zero-order valence-electron chi connectivity index (χ0n) is 9.86. The summed E-state index contributed by atoms with van der Waals surface area (Å²) in [6.07, 6.45) is -1.38. The highest BCUT2D eigenvalue weighted by Gasteiger charge is 2.42. The molecule has 0 amide bonds. The van der Waals surface area contributed by atoms with Crippen molar-refractivity contribution in [1.29, 1.82) is 0 Å². The molecule has 1 aliphatic carbocycles. The number of hydrogen-bond donors (Lipinski definition) is 0. The van der Waals surface area contributed by atoms with Gasteiger partial charge in [-0.15, -0.1) is 0 Å². The van der Waals surface area contributed by atoms with E-state index in [9.17, 15) is 22.4 Å². The van der Waals surface area contributed by atoms with Gasteiger partial charge in [0.1, 0.15) is 5.82 Å². The second kappa shape index (κ2) is 5.12. The van der Waals surface area contributed by atoms with Gasteiger partial charge in [0, 0.05) is 0 Å². The summed E-state index contributed by atoms with van der Waals surface area (Å²) < 4.78 is 50.7. The van der Waals surface area contributed by atoms with Crippen LogP contribution < -0.4 is 0 Å². The molecular formula is C13H11ClF4O. The predicted molar refractivity (Wildman–Crippen MR) is 63.0 cm³/mol. The SMILES string of the molecule is O=C(c1c(F)cc(C2CCCC2)cc1Cl)C(F)(F)F. The minimum absolute atomic E-state index is 0.113. The van der Waals surface area contributed by atoms with E-state index in [4.69, 9.17) is 11.6 Å². The fourth-order valence-electron chi connectivity index (χ4n) is 2.45. The van der Waals surface area contributed by atoms with Crippen LogP contribution >= 0.6 is 11.6 Å². The van der Waals surface area contributed by atoms with Crippen LogP contribution in [0.5, 0.6) is 0 Å². The first-order valence-corrected chi connectivity index (χ1v) is 6.29. The van der Waals surface area contributed by atoms with Gasteiger partial charge in [-0.1, -0.05) is 24.4 Å². The van der Waals surface area contributed by atoms with Crippen LogP contribution in [0.2, 0.25) is 5.02 Å². The van der Waals surface area contributed by atoms with Gasteiger partial charge < -0.3 is 0 Å². The summed E-state index contributed by atoms with van der Waals surface area (Å²) in [5.41, 5.74) is -0.519. The van der Waals surface area contributed by atoms with Crippen LogP contribution in [0, 0.1) is 5.82 Å². The monoisotopic (exact) mass is 294 g/mol. The predicted octanol–water partition coefficient (Wildman–Crippen LogP) is 4.88. The molecule has 0 bridgehead atoms. The third-order valence-corrected chi connectivity index (χ3v) is 3.67. The maximum atomic E-state index is 13.7. The van der Waals surface area contributed by atoms with Gasteiger partial charge >= 0.3 is 6.18 Å². The van der Waals surface area contributed by atoms with E-state index in [0.29, 0.717) is 5.56 Å². The zero-order valence-corrected chi connectivity index (χ0v) is 10.6. The molecule has 2 rings (SSSR count). The average molecular weight is 295 g/mol. The third kappa shape index (κ3) is 2.91. The van der Waals surface area contributed by atoms with Crippen LogP contribution in [0.4, 0.5) is 17.6 Å². The Balaban J connectivity index is 2.40. The van der Waals surface area contributed by atoms with E-state index >= 15 is 0 Å². The molecule has 1 saturated carbocycles. The lowest BCUT2D eigenvalue weighted by molar-refractivity contribution is -0.0887. The van der Waals surface area contributed by atoms with E-state index in [2.05, 4.69) is 0 Å². The lowest BCUT2D eigenvalue weighted by Gasteiger charge is -2.13. The number of ketones is 1. The highest BCUT2D eigenvalue weighted by molar-refractivity contribution is 6.34. The van der Waals surface area contributed by atoms with Crippen molar-refractivity contribution in [1.82, 2.24) is 0 Å². The van der Waals surface area contributed by atoms with E-state index in [-0.39, 0.29) is 5.92 Å². The molecule has 1 nitrogen and oxygen atoms in total. The van der Waals surface area contributed by atoms with Crippen LogP contribution in [0.25, 0.3) is 0 Å². The maximum absolute atomic E-state index is 13.7. The van der Waals surface area contributed by atoms with Crippen molar-refractivity contribution in [3.63, 3.8) is 0 Å². The van der Waals surface area contributed by atoms with E-state index in [0.717, 1.165) is 31.7 Å². The van der Waals surface area contributed by atoms with Crippen molar-refractivity contribution in [2.45, 2.75) is 37.8 Å². The van der Waals surface area contributed by atoms with Crippen molar-refractivity contribution in [2.75, 3.05) is 0 Å². The van der Waals surface area contributed by atoms with Crippen LogP contribution in [-0.2, 0) is 0 Å². The lowest BCUT2D eigenvalue weighted by Crippen LogP contribution is -2.24. The summed E-state index contributed by atoms with van der Waals surface area (Å²) in [5, 5.41) is -0.468. The van der Waals surface area contributed by atoms with Gasteiger partial charge in [0.2, 0.25) is 0 Å². The van der Waals surface area contributed by atoms with Crippen LogP contribution in [0.1, 0.15) is 47.5 Å². The first-order valence-electron chi connectivity index (χ1n) is 5.91. The number of hydrogen-bond acceptors (Lipinski definition) is 1. The first-order chi connectivity index (χ1) is 8.80. The third-order valence-electron chi connectivity index (χ3n) is 3.38. The van der Waals surface area contributed by atoms with Gasteiger partial charge in [-0.2, -0.15) is 13.2 Å². The molecule has 1 fully saturated rings. The Labute approximate surface area is 112 Å². The molecule has 0 aromatic heterocycles. The van der Waals surface area contributed by atoms with Crippen LogP contribution in [-0.4, -0.2) is 12.0 Å². The maximum Gasteiger partial charge on any atom is 0.455 e. The molecule has 0 radical (unpaired) electrons. The summed E-state index contributed by atoms with van der Waals surface area (Å²) in [6, 6.07) is 2.28. The Morgan fingerprint density at radius 2 is 1.79 bits per heavy atom. The largest absolute Gasteiger partial charge is 0.455 e. The summed E-state index contributed by atoms with van der Waals surface area (Å²) >= 11 is 5.65. The Morgan fingerprint density at radius 1 is 1.21 bits per heavy atom. The van der Waals surface area contributed by atoms with E-state index in [1.807, 2.05) is 0 Å². The minimum Gasteiger partial charge on any atom is -0.284 e. The van der Waals surface area contributed by atoms with Gasteiger partial charge in [-0.3, -0.25) is 4.79 Å². The zero-order chi connectivity index (χ0) is 14.2. The molecule has 0 spiro atoms. The quantitative estimate of drug-likeness (QED) is 0.561. The van der Waals surface area contributed by atoms with Crippen molar-refractivity contribution in [3.8, 4) is 0 Å². The lowest BCUT2D eigenvalue weighted by atomic mass is 9.95. The van der Waals surface area contributed by atoms with Crippen molar-refractivity contribution in [2.24, 2.45) is 0 Å². The minimum atomic E-state index is -5.13. The smallest absolute Gasteiger partial charge is 0.284 e. The molecule has 0 aliphatic heterocycles. The summed E-state index contributed by atoms with van der Waals surface area (Å²) in [6.45, 7) is 0. The van der Waals surface area contributed by atoms with E-state index in [1.54, 1.807) is 0 Å². The second-order valence-electron chi connectivity index (χ2n) is 4.67. The highest BCUT2D eigenvalue weighted by Crippen LogP contribution is 2.37.